The molecule has 0 saturated carbocycles. The van der Waals surface area contributed by atoms with E-state index in [-0.39, 0.29) is 11.7 Å². The molecular formula is C30H30N6O4S. The molecule has 6 rings (SSSR count). The Bertz CT molecular complexity index is 1670. The summed E-state index contributed by atoms with van der Waals surface area (Å²) in [7, 11) is 0. The van der Waals surface area contributed by atoms with Crippen molar-refractivity contribution in [2.24, 2.45) is 5.92 Å². The Balaban J connectivity index is 1.07. The lowest BCUT2D eigenvalue weighted by molar-refractivity contribution is -0.140. The number of phenols is 1. The van der Waals surface area contributed by atoms with E-state index in [2.05, 4.69) is 36.3 Å². The third kappa shape index (κ3) is 5.68. The minimum atomic E-state index is -0.933. The van der Waals surface area contributed by atoms with Crippen LogP contribution >= 0.6 is 11.3 Å². The lowest BCUT2D eigenvalue weighted by Gasteiger charge is -2.30. The fourth-order valence-corrected chi connectivity index (χ4v) is 6.48. The van der Waals surface area contributed by atoms with Crippen LogP contribution < -0.4 is 0 Å². The Kier molecular flexibility index (Phi) is 7.46. The molecule has 0 radical (unpaired) electrons. The molecule has 4 aromatic heterocycles. The standard InChI is InChI=1S/C30H30N6O4S/c1-17(2)28(30(38)39)25-13-22(35-40-25)20-14-31-27(32-15-20)16-36-9-7-18(8-10-36)26-12-19-11-23(33-34-29(19)41-26)21-5-3-4-6-24(21)37/h3-6,11-15,17-18,28,37H,7-10,16H2,1-2H3,(H,38,39). The second-order valence-electron chi connectivity index (χ2n) is 10.8. The first-order valence-corrected chi connectivity index (χ1v) is 14.5. The van der Waals surface area contributed by atoms with E-state index >= 15 is 0 Å². The topological polar surface area (TPSA) is 138 Å². The SMILES string of the molecule is CC(C)C(C(=O)O)c1cc(-c2cnc(CN3CCC(c4cc5cc(-c6ccccc6O)nnc5s4)CC3)nc2)no1. The van der Waals surface area contributed by atoms with Crippen molar-refractivity contribution in [1.82, 2.24) is 30.2 Å². The predicted molar refractivity (Wildman–Crippen MR) is 155 cm³/mol. The van der Waals surface area contributed by atoms with Gasteiger partial charge < -0.3 is 14.7 Å². The molecule has 1 saturated heterocycles. The molecular weight excluding hydrogens is 540 g/mol. The number of rotatable bonds is 8. The number of para-hydroxylation sites is 1. The van der Waals surface area contributed by atoms with Crippen LogP contribution in [0.1, 0.15) is 55.0 Å². The molecule has 1 fully saturated rings. The highest BCUT2D eigenvalue weighted by molar-refractivity contribution is 7.18. The van der Waals surface area contributed by atoms with Gasteiger partial charge in [-0.3, -0.25) is 9.69 Å². The number of benzene rings is 1. The van der Waals surface area contributed by atoms with Crippen LogP contribution in [0.25, 0.3) is 32.7 Å². The molecule has 41 heavy (non-hydrogen) atoms. The number of aromatic nitrogens is 5. The second-order valence-corrected chi connectivity index (χ2v) is 11.8. The van der Waals surface area contributed by atoms with Crippen molar-refractivity contribution >= 4 is 27.5 Å². The number of carboxylic acids is 1. The zero-order chi connectivity index (χ0) is 28.5. The van der Waals surface area contributed by atoms with E-state index in [0.29, 0.717) is 40.7 Å². The van der Waals surface area contributed by atoms with Crippen molar-refractivity contribution in [3.05, 3.63) is 71.3 Å². The Hall–Kier alpha value is -4.22. The van der Waals surface area contributed by atoms with Gasteiger partial charge in [0.15, 0.2) is 5.76 Å². The first-order chi connectivity index (χ1) is 19.9. The summed E-state index contributed by atoms with van der Waals surface area (Å²) in [4.78, 5) is 25.3. The van der Waals surface area contributed by atoms with E-state index in [9.17, 15) is 15.0 Å². The maximum atomic E-state index is 11.6. The van der Waals surface area contributed by atoms with Gasteiger partial charge in [0.2, 0.25) is 0 Å². The molecule has 10 nitrogen and oxygen atoms in total. The molecule has 1 aliphatic heterocycles. The highest BCUT2D eigenvalue weighted by Gasteiger charge is 2.28. The number of carbonyl (C=O) groups is 1. The van der Waals surface area contributed by atoms with Crippen LogP contribution in [0.5, 0.6) is 5.75 Å². The van der Waals surface area contributed by atoms with E-state index in [0.717, 1.165) is 42.0 Å². The number of phenolic OH excluding ortho intramolecular Hbond substituents is 1. The minimum Gasteiger partial charge on any atom is -0.507 e. The van der Waals surface area contributed by atoms with Crippen molar-refractivity contribution in [1.29, 1.82) is 0 Å². The fraction of sp³-hybridized carbons (Fsp3) is 0.333. The average molecular weight is 571 g/mol. The minimum absolute atomic E-state index is 0.119. The van der Waals surface area contributed by atoms with Crippen molar-refractivity contribution in [2.45, 2.75) is 45.1 Å². The Morgan fingerprint density at radius 2 is 1.83 bits per heavy atom. The normalized spacial score (nSPS) is 15.5. The molecule has 1 aromatic carbocycles. The van der Waals surface area contributed by atoms with Crippen LogP contribution in [0.3, 0.4) is 0 Å². The number of aromatic hydroxyl groups is 1. The van der Waals surface area contributed by atoms with Crippen LogP contribution in [-0.4, -0.2) is 59.5 Å². The molecule has 210 valence electrons. The molecule has 1 atom stereocenters. The third-order valence-corrected chi connectivity index (χ3v) is 8.80. The van der Waals surface area contributed by atoms with Gasteiger partial charge >= 0.3 is 5.97 Å². The van der Waals surface area contributed by atoms with Gasteiger partial charge in [0.05, 0.1) is 12.2 Å². The van der Waals surface area contributed by atoms with Gasteiger partial charge in [-0.25, -0.2) is 9.97 Å². The highest BCUT2D eigenvalue weighted by atomic mass is 32.1. The van der Waals surface area contributed by atoms with Gasteiger partial charge in [0.25, 0.3) is 0 Å². The van der Waals surface area contributed by atoms with E-state index in [1.807, 2.05) is 32.0 Å². The Morgan fingerprint density at radius 1 is 1.07 bits per heavy atom. The van der Waals surface area contributed by atoms with Crippen molar-refractivity contribution in [3.63, 3.8) is 0 Å². The number of aliphatic carboxylic acids is 1. The van der Waals surface area contributed by atoms with E-state index in [1.54, 1.807) is 41.9 Å². The van der Waals surface area contributed by atoms with E-state index < -0.39 is 11.9 Å². The summed E-state index contributed by atoms with van der Waals surface area (Å²) in [5.74, 6) is -0.0778. The number of thiophene rings is 1. The van der Waals surface area contributed by atoms with Gasteiger partial charge in [-0.15, -0.1) is 21.5 Å². The van der Waals surface area contributed by atoms with Gasteiger partial charge in [-0.1, -0.05) is 31.1 Å². The second kappa shape index (κ2) is 11.3. The van der Waals surface area contributed by atoms with Gasteiger partial charge in [-0.05, 0) is 62.0 Å². The summed E-state index contributed by atoms with van der Waals surface area (Å²) in [5.41, 5.74) is 2.57. The lowest BCUT2D eigenvalue weighted by Crippen LogP contribution is -2.32. The molecule has 11 heteroatoms. The van der Waals surface area contributed by atoms with Crippen LogP contribution in [0.2, 0.25) is 0 Å². The maximum absolute atomic E-state index is 11.6. The number of piperidine rings is 1. The molecule has 0 spiro atoms. The molecule has 0 amide bonds. The van der Waals surface area contributed by atoms with Crippen molar-refractivity contribution in [3.8, 4) is 28.3 Å². The predicted octanol–water partition coefficient (Wildman–Crippen LogP) is 5.71. The quantitative estimate of drug-likeness (QED) is 0.238. The van der Waals surface area contributed by atoms with Crippen molar-refractivity contribution < 1.29 is 19.5 Å². The van der Waals surface area contributed by atoms with E-state index in [4.69, 9.17) is 4.52 Å². The number of carboxylic acid groups (broad SMARTS) is 1. The number of fused-ring (bicyclic) bond motifs is 1. The van der Waals surface area contributed by atoms with Crippen LogP contribution in [0.4, 0.5) is 0 Å². The van der Waals surface area contributed by atoms with Gasteiger partial charge in [0.1, 0.15) is 28.0 Å². The van der Waals surface area contributed by atoms with Crippen molar-refractivity contribution in [2.75, 3.05) is 13.1 Å². The summed E-state index contributed by atoms with van der Waals surface area (Å²) >= 11 is 1.70. The monoisotopic (exact) mass is 570 g/mol. The largest absolute Gasteiger partial charge is 0.507 e. The highest BCUT2D eigenvalue weighted by Crippen LogP contribution is 2.37. The Morgan fingerprint density at radius 3 is 2.54 bits per heavy atom. The molecule has 2 N–H and O–H groups in total. The van der Waals surface area contributed by atoms with Crippen LogP contribution in [0, 0.1) is 5.92 Å². The Labute approximate surface area is 240 Å². The fourth-order valence-electron chi connectivity index (χ4n) is 5.35. The van der Waals surface area contributed by atoms with Crippen LogP contribution in [-0.2, 0) is 11.3 Å². The van der Waals surface area contributed by atoms with Gasteiger partial charge in [0, 0.05) is 39.9 Å². The third-order valence-electron chi connectivity index (χ3n) is 7.60. The number of hydrogen-bond donors (Lipinski definition) is 2. The smallest absolute Gasteiger partial charge is 0.314 e. The summed E-state index contributed by atoms with van der Waals surface area (Å²) in [5, 5.41) is 33.6. The first kappa shape index (κ1) is 27.0. The number of likely N-dealkylation sites (tertiary alicyclic amines) is 1. The first-order valence-electron chi connectivity index (χ1n) is 13.6. The average Bonchev–Trinajstić information content (AvgIpc) is 3.61. The summed E-state index contributed by atoms with van der Waals surface area (Å²) < 4.78 is 5.34. The summed E-state index contributed by atoms with van der Waals surface area (Å²) in [6.45, 7) is 6.23. The number of hydrogen-bond acceptors (Lipinski definition) is 10. The maximum Gasteiger partial charge on any atom is 0.314 e. The molecule has 5 aromatic rings. The number of nitrogens with zero attached hydrogens (tertiary/aromatic N) is 6. The molecule has 1 aliphatic rings. The molecule has 5 heterocycles. The summed E-state index contributed by atoms with van der Waals surface area (Å²) in [6, 6.07) is 13.1. The zero-order valence-electron chi connectivity index (χ0n) is 22.8. The van der Waals surface area contributed by atoms with Crippen LogP contribution in [0.15, 0.2) is 59.4 Å². The van der Waals surface area contributed by atoms with Gasteiger partial charge in [-0.2, -0.15) is 0 Å². The summed E-state index contributed by atoms with van der Waals surface area (Å²) in [6.07, 6.45) is 5.49. The molecule has 1 unspecified atom stereocenters. The van der Waals surface area contributed by atoms with E-state index in [1.165, 1.54) is 4.88 Å². The zero-order valence-corrected chi connectivity index (χ0v) is 23.6. The molecule has 0 bridgehead atoms. The lowest BCUT2D eigenvalue weighted by atomic mass is 9.93. The molecule has 0 aliphatic carbocycles.